The van der Waals surface area contributed by atoms with Gasteiger partial charge in [-0.15, -0.1) is 35.9 Å². The standard InChI is InChI=1S/C16H12N.Pt/c1-12-11-16(13-7-3-2-4-8-13)17-15-10-6-5-9-14(12)15;/h2-7,9-11H,1H3;/q-1;. The Morgan fingerprint density at radius 3 is 2.56 bits per heavy atom. The maximum atomic E-state index is 4.68. The van der Waals surface area contributed by atoms with Crippen LogP contribution in [0.2, 0.25) is 0 Å². The average molecular weight is 413 g/mol. The van der Waals surface area contributed by atoms with E-state index < -0.39 is 0 Å². The van der Waals surface area contributed by atoms with Gasteiger partial charge in [0.05, 0.1) is 5.52 Å². The fraction of sp³-hybridized carbons (Fsp3) is 0.0625. The molecule has 0 amide bonds. The maximum Gasteiger partial charge on any atom is 0.0597 e. The molecule has 0 radical (unpaired) electrons. The van der Waals surface area contributed by atoms with Crippen molar-refractivity contribution in [2.75, 3.05) is 0 Å². The molecule has 0 aliphatic heterocycles. The number of benzene rings is 2. The monoisotopic (exact) mass is 413 g/mol. The van der Waals surface area contributed by atoms with E-state index in [1.54, 1.807) is 0 Å². The molecule has 1 aromatic heterocycles. The second-order valence-corrected chi connectivity index (χ2v) is 4.12. The van der Waals surface area contributed by atoms with Gasteiger partial charge in [-0.2, -0.15) is 0 Å². The van der Waals surface area contributed by atoms with Crippen molar-refractivity contribution in [1.29, 1.82) is 0 Å². The minimum atomic E-state index is 0. The predicted molar refractivity (Wildman–Crippen MR) is 70.8 cm³/mol. The van der Waals surface area contributed by atoms with Crippen LogP contribution in [0.25, 0.3) is 22.2 Å². The molecule has 3 aromatic rings. The van der Waals surface area contributed by atoms with Gasteiger partial charge in [0.15, 0.2) is 0 Å². The number of para-hydroxylation sites is 1. The fourth-order valence-corrected chi connectivity index (χ4v) is 2.04. The van der Waals surface area contributed by atoms with Gasteiger partial charge in [-0.25, -0.2) is 0 Å². The summed E-state index contributed by atoms with van der Waals surface area (Å²) in [7, 11) is 0. The molecule has 0 fully saturated rings. The summed E-state index contributed by atoms with van der Waals surface area (Å²) in [6, 6.07) is 21.5. The van der Waals surface area contributed by atoms with Crippen LogP contribution in [0.3, 0.4) is 0 Å². The van der Waals surface area contributed by atoms with E-state index in [4.69, 9.17) is 0 Å². The molecule has 0 saturated heterocycles. The van der Waals surface area contributed by atoms with Crippen LogP contribution in [-0.4, -0.2) is 4.98 Å². The van der Waals surface area contributed by atoms with Gasteiger partial charge in [-0.1, -0.05) is 24.3 Å². The molecule has 2 heteroatoms. The van der Waals surface area contributed by atoms with Crippen LogP contribution in [0.15, 0.2) is 54.6 Å². The number of hydrogen-bond donors (Lipinski definition) is 0. The number of fused-ring (bicyclic) bond motifs is 1. The Labute approximate surface area is 121 Å². The molecule has 92 valence electrons. The first-order valence-corrected chi connectivity index (χ1v) is 5.68. The van der Waals surface area contributed by atoms with Gasteiger partial charge >= 0.3 is 0 Å². The molecular weight excluding hydrogens is 401 g/mol. The molecule has 2 aromatic carbocycles. The molecule has 0 spiro atoms. The molecule has 18 heavy (non-hydrogen) atoms. The number of pyridine rings is 1. The van der Waals surface area contributed by atoms with E-state index in [9.17, 15) is 0 Å². The average Bonchev–Trinajstić information content (AvgIpc) is 2.40. The molecule has 0 unspecified atom stereocenters. The van der Waals surface area contributed by atoms with Gasteiger partial charge in [0.2, 0.25) is 0 Å². The Morgan fingerprint density at radius 1 is 1.00 bits per heavy atom. The Kier molecular flexibility index (Phi) is 3.93. The van der Waals surface area contributed by atoms with E-state index in [1.807, 2.05) is 36.4 Å². The van der Waals surface area contributed by atoms with Crippen LogP contribution in [-0.2, 0) is 21.1 Å². The first-order chi connectivity index (χ1) is 8.34. The van der Waals surface area contributed by atoms with Gasteiger partial charge in [0.1, 0.15) is 0 Å². The number of nitrogens with zero attached hydrogens (tertiary/aromatic N) is 1. The topological polar surface area (TPSA) is 12.9 Å². The fourth-order valence-electron chi connectivity index (χ4n) is 2.04. The second-order valence-electron chi connectivity index (χ2n) is 4.12. The SMILES string of the molecule is Cc1cc(-c2[c-]cccc2)nc2ccccc12.[Pt]. The van der Waals surface area contributed by atoms with Crippen molar-refractivity contribution in [3.05, 3.63) is 66.2 Å². The van der Waals surface area contributed by atoms with E-state index in [-0.39, 0.29) is 21.1 Å². The Bertz CT molecular complexity index is 662. The summed E-state index contributed by atoms with van der Waals surface area (Å²) in [4.78, 5) is 4.68. The molecule has 0 saturated carbocycles. The summed E-state index contributed by atoms with van der Waals surface area (Å²) in [6.07, 6.45) is 0. The molecule has 0 bridgehead atoms. The zero-order valence-electron chi connectivity index (χ0n) is 9.96. The molecule has 0 aliphatic carbocycles. The van der Waals surface area contributed by atoms with Crippen LogP contribution in [0.5, 0.6) is 0 Å². The van der Waals surface area contributed by atoms with E-state index in [1.165, 1.54) is 10.9 Å². The minimum Gasteiger partial charge on any atom is -0.296 e. The quantitative estimate of drug-likeness (QED) is 0.550. The zero-order chi connectivity index (χ0) is 11.7. The van der Waals surface area contributed by atoms with Crippen molar-refractivity contribution in [1.82, 2.24) is 4.98 Å². The first kappa shape index (κ1) is 13.0. The smallest absolute Gasteiger partial charge is 0.0597 e. The van der Waals surface area contributed by atoms with Crippen molar-refractivity contribution >= 4 is 10.9 Å². The second kappa shape index (κ2) is 5.45. The van der Waals surface area contributed by atoms with Crippen LogP contribution < -0.4 is 0 Å². The summed E-state index contributed by atoms with van der Waals surface area (Å²) in [6.45, 7) is 2.12. The Hall–Kier alpha value is -1.46. The van der Waals surface area contributed by atoms with Crippen LogP contribution in [0, 0.1) is 13.0 Å². The largest absolute Gasteiger partial charge is 0.296 e. The van der Waals surface area contributed by atoms with Gasteiger partial charge < -0.3 is 0 Å². The predicted octanol–water partition coefficient (Wildman–Crippen LogP) is 4.01. The normalized spacial score (nSPS) is 10.1. The van der Waals surface area contributed by atoms with Gasteiger partial charge in [0, 0.05) is 26.5 Å². The molecule has 0 aliphatic rings. The van der Waals surface area contributed by atoms with Gasteiger partial charge in [-0.05, 0) is 24.2 Å². The molecule has 3 rings (SSSR count). The summed E-state index contributed by atoms with van der Waals surface area (Å²) in [5.41, 5.74) is 4.32. The van der Waals surface area contributed by atoms with Gasteiger partial charge in [-0.3, -0.25) is 4.98 Å². The summed E-state index contributed by atoms with van der Waals surface area (Å²) < 4.78 is 0. The summed E-state index contributed by atoms with van der Waals surface area (Å²) in [5, 5.41) is 1.21. The zero-order valence-corrected chi connectivity index (χ0v) is 12.2. The number of aromatic nitrogens is 1. The Morgan fingerprint density at radius 2 is 1.78 bits per heavy atom. The van der Waals surface area contributed by atoms with Crippen molar-refractivity contribution in [2.45, 2.75) is 6.92 Å². The molecular formula is C16H12NPt-. The summed E-state index contributed by atoms with van der Waals surface area (Å²) in [5.74, 6) is 0. The molecule has 1 heterocycles. The first-order valence-electron chi connectivity index (χ1n) is 5.68. The Balaban J connectivity index is 0.00000120. The molecule has 1 nitrogen and oxygen atoms in total. The number of rotatable bonds is 1. The van der Waals surface area contributed by atoms with Gasteiger partial charge in [0.25, 0.3) is 0 Å². The maximum absolute atomic E-state index is 4.68. The van der Waals surface area contributed by atoms with Crippen LogP contribution in [0.4, 0.5) is 0 Å². The van der Waals surface area contributed by atoms with Crippen molar-refractivity contribution in [3.63, 3.8) is 0 Å². The van der Waals surface area contributed by atoms with Crippen LogP contribution >= 0.6 is 0 Å². The third kappa shape index (κ3) is 2.37. The van der Waals surface area contributed by atoms with Crippen molar-refractivity contribution in [2.24, 2.45) is 0 Å². The van der Waals surface area contributed by atoms with Crippen LogP contribution in [0.1, 0.15) is 5.56 Å². The van der Waals surface area contributed by atoms with E-state index in [2.05, 4.69) is 36.2 Å². The molecule has 0 N–H and O–H groups in total. The van der Waals surface area contributed by atoms with E-state index in [0.29, 0.717) is 0 Å². The minimum absolute atomic E-state index is 0. The van der Waals surface area contributed by atoms with Crippen molar-refractivity contribution in [3.8, 4) is 11.3 Å². The number of aryl methyl sites for hydroxylation is 1. The van der Waals surface area contributed by atoms with E-state index in [0.717, 1.165) is 16.8 Å². The van der Waals surface area contributed by atoms with Crippen molar-refractivity contribution < 1.29 is 21.1 Å². The van der Waals surface area contributed by atoms with E-state index >= 15 is 0 Å². The summed E-state index contributed by atoms with van der Waals surface area (Å²) >= 11 is 0. The molecule has 0 atom stereocenters. The third-order valence-electron chi connectivity index (χ3n) is 2.91. The third-order valence-corrected chi connectivity index (χ3v) is 2.91. The number of hydrogen-bond acceptors (Lipinski definition) is 1.